The van der Waals surface area contributed by atoms with Crippen molar-refractivity contribution in [3.63, 3.8) is 0 Å². The highest BCUT2D eigenvalue weighted by Gasteiger charge is 2.05. The first-order valence-electron chi connectivity index (χ1n) is 10.3. The summed E-state index contributed by atoms with van der Waals surface area (Å²) < 4.78 is 11.1. The predicted octanol–water partition coefficient (Wildman–Crippen LogP) is 5.25. The minimum atomic E-state index is 0.392. The van der Waals surface area contributed by atoms with E-state index in [1.165, 1.54) is 0 Å². The SMILES string of the molecule is Cc1ccc(C=O)c(OCc2ccccc2)n1.O=Cc1ccncc1OCc1ccccc1. The molecule has 4 rings (SSSR count). The Morgan fingerprint density at radius 1 is 0.727 bits per heavy atom. The van der Waals surface area contributed by atoms with E-state index in [4.69, 9.17) is 9.47 Å². The summed E-state index contributed by atoms with van der Waals surface area (Å²) in [4.78, 5) is 29.7. The van der Waals surface area contributed by atoms with Gasteiger partial charge in [-0.2, -0.15) is 0 Å². The second-order valence-corrected chi connectivity index (χ2v) is 7.04. The number of nitrogens with zero attached hydrogens (tertiary/aromatic N) is 2. The highest BCUT2D eigenvalue weighted by Crippen LogP contribution is 2.16. The molecule has 0 spiro atoms. The number of rotatable bonds is 8. The number of carbonyl (C=O) groups excluding carboxylic acids is 2. The van der Waals surface area contributed by atoms with Crippen LogP contribution < -0.4 is 9.47 Å². The number of aromatic nitrogens is 2. The van der Waals surface area contributed by atoms with E-state index in [-0.39, 0.29) is 0 Å². The summed E-state index contributed by atoms with van der Waals surface area (Å²) in [5, 5.41) is 0. The van der Waals surface area contributed by atoms with Crippen LogP contribution >= 0.6 is 0 Å². The number of hydrogen-bond acceptors (Lipinski definition) is 6. The van der Waals surface area contributed by atoms with Gasteiger partial charge < -0.3 is 9.47 Å². The maximum atomic E-state index is 10.8. The molecule has 6 heteroatoms. The average Bonchev–Trinajstić information content (AvgIpc) is 2.88. The van der Waals surface area contributed by atoms with Gasteiger partial charge in [-0.15, -0.1) is 0 Å². The van der Waals surface area contributed by atoms with Crippen LogP contribution in [-0.2, 0) is 13.2 Å². The summed E-state index contributed by atoms with van der Waals surface area (Å²) in [7, 11) is 0. The second kappa shape index (κ2) is 12.5. The molecular weight excluding hydrogens is 416 g/mol. The van der Waals surface area contributed by atoms with E-state index >= 15 is 0 Å². The molecule has 0 atom stereocenters. The third-order valence-electron chi connectivity index (χ3n) is 4.55. The van der Waals surface area contributed by atoms with Crippen molar-refractivity contribution in [3.05, 3.63) is 119 Å². The first kappa shape index (κ1) is 23.3. The maximum Gasteiger partial charge on any atom is 0.224 e. The predicted molar refractivity (Wildman–Crippen MR) is 126 cm³/mol. The van der Waals surface area contributed by atoms with Crippen LogP contribution in [0.3, 0.4) is 0 Å². The fourth-order valence-corrected chi connectivity index (χ4v) is 2.82. The van der Waals surface area contributed by atoms with Crippen LogP contribution in [0, 0.1) is 6.92 Å². The van der Waals surface area contributed by atoms with E-state index in [0.717, 1.165) is 29.4 Å². The number of carbonyl (C=O) groups is 2. The molecule has 4 aromatic rings. The number of aryl methyl sites for hydroxylation is 1. The monoisotopic (exact) mass is 440 g/mol. The normalized spacial score (nSPS) is 9.85. The Kier molecular flexibility index (Phi) is 8.85. The Morgan fingerprint density at radius 2 is 1.33 bits per heavy atom. The van der Waals surface area contributed by atoms with Crippen LogP contribution in [0.1, 0.15) is 37.5 Å². The van der Waals surface area contributed by atoms with E-state index < -0.39 is 0 Å². The van der Waals surface area contributed by atoms with Gasteiger partial charge in [0, 0.05) is 11.9 Å². The number of aldehydes is 2. The van der Waals surface area contributed by atoms with Crippen LogP contribution in [0.2, 0.25) is 0 Å². The summed E-state index contributed by atoms with van der Waals surface area (Å²) in [6.45, 7) is 2.72. The quantitative estimate of drug-likeness (QED) is 0.348. The highest BCUT2D eigenvalue weighted by atomic mass is 16.5. The van der Waals surface area contributed by atoms with Gasteiger partial charge in [-0.3, -0.25) is 14.6 Å². The largest absolute Gasteiger partial charge is 0.487 e. The van der Waals surface area contributed by atoms with Gasteiger partial charge in [-0.05, 0) is 36.2 Å². The number of benzene rings is 2. The van der Waals surface area contributed by atoms with Crippen LogP contribution in [0.4, 0.5) is 0 Å². The molecule has 0 saturated carbocycles. The lowest BCUT2D eigenvalue weighted by molar-refractivity contribution is 0.111. The minimum Gasteiger partial charge on any atom is -0.487 e. The van der Waals surface area contributed by atoms with Crippen molar-refractivity contribution in [1.82, 2.24) is 9.97 Å². The first-order chi connectivity index (χ1) is 16.2. The van der Waals surface area contributed by atoms with E-state index in [9.17, 15) is 9.59 Å². The third-order valence-corrected chi connectivity index (χ3v) is 4.55. The van der Waals surface area contributed by atoms with Crippen LogP contribution in [0.5, 0.6) is 11.6 Å². The van der Waals surface area contributed by atoms with Crippen molar-refractivity contribution >= 4 is 12.6 Å². The number of pyridine rings is 2. The first-order valence-corrected chi connectivity index (χ1v) is 10.3. The van der Waals surface area contributed by atoms with Crippen molar-refractivity contribution in [1.29, 1.82) is 0 Å². The van der Waals surface area contributed by atoms with Gasteiger partial charge in [0.2, 0.25) is 5.88 Å². The van der Waals surface area contributed by atoms with E-state index in [1.807, 2.05) is 67.6 Å². The maximum absolute atomic E-state index is 10.8. The van der Waals surface area contributed by atoms with E-state index in [1.54, 1.807) is 30.6 Å². The topological polar surface area (TPSA) is 78.4 Å². The fourth-order valence-electron chi connectivity index (χ4n) is 2.82. The van der Waals surface area contributed by atoms with Gasteiger partial charge in [-0.1, -0.05) is 60.7 Å². The summed E-state index contributed by atoms with van der Waals surface area (Å²) >= 11 is 0. The van der Waals surface area contributed by atoms with E-state index in [2.05, 4.69) is 9.97 Å². The molecule has 0 unspecified atom stereocenters. The van der Waals surface area contributed by atoms with Gasteiger partial charge >= 0.3 is 0 Å². The highest BCUT2D eigenvalue weighted by molar-refractivity contribution is 5.78. The molecule has 0 saturated heterocycles. The Bertz CT molecular complexity index is 1170. The molecule has 33 heavy (non-hydrogen) atoms. The molecule has 166 valence electrons. The van der Waals surface area contributed by atoms with Crippen LogP contribution in [0.15, 0.2) is 91.3 Å². The van der Waals surface area contributed by atoms with E-state index in [0.29, 0.717) is 36.0 Å². The standard InChI is InChI=1S/C14H13NO2.C13H11NO2/c1-11-7-8-13(9-16)14(15-11)17-10-12-5-3-2-4-6-12;15-9-12-6-7-14-8-13(12)16-10-11-4-2-1-3-5-11/h2-9H,10H2,1H3;1-9H,10H2. The molecule has 0 aliphatic heterocycles. The molecule has 0 radical (unpaired) electrons. The van der Waals surface area contributed by atoms with Crippen molar-refractivity contribution in [2.45, 2.75) is 20.1 Å². The molecule has 0 fully saturated rings. The Morgan fingerprint density at radius 3 is 1.94 bits per heavy atom. The summed E-state index contributed by atoms with van der Waals surface area (Å²) in [5.41, 5.74) is 3.94. The third kappa shape index (κ3) is 7.40. The molecule has 0 aliphatic rings. The van der Waals surface area contributed by atoms with Gasteiger partial charge in [0.1, 0.15) is 19.0 Å². The zero-order chi connectivity index (χ0) is 23.3. The summed E-state index contributed by atoms with van der Waals surface area (Å²) in [6.07, 6.45) is 4.64. The molecule has 2 heterocycles. The smallest absolute Gasteiger partial charge is 0.224 e. The minimum absolute atomic E-state index is 0.392. The fraction of sp³-hybridized carbons (Fsp3) is 0.111. The molecule has 0 amide bonds. The molecule has 2 aromatic carbocycles. The lowest BCUT2D eigenvalue weighted by Crippen LogP contribution is -2.01. The Hall–Kier alpha value is -4.32. The Balaban J connectivity index is 0.000000186. The second-order valence-electron chi connectivity index (χ2n) is 7.04. The van der Waals surface area contributed by atoms with Crippen LogP contribution in [0.25, 0.3) is 0 Å². The van der Waals surface area contributed by atoms with Crippen molar-refractivity contribution in [3.8, 4) is 11.6 Å². The van der Waals surface area contributed by atoms with Gasteiger partial charge in [0.15, 0.2) is 12.6 Å². The summed E-state index contributed by atoms with van der Waals surface area (Å²) in [6, 6.07) is 24.7. The zero-order valence-electron chi connectivity index (χ0n) is 18.3. The van der Waals surface area contributed by atoms with Crippen molar-refractivity contribution in [2.75, 3.05) is 0 Å². The van der Waals surface area contributed by atoms with Crippen LogP contribution in [-0.4, -0.2) is 22.5 Å². The van der Waals surface area contributed by atoms with Gasteiger partial charge in [-0.25, -0.2) is 4.98 Å². The average molecular weight is 440 g/mol. The molecule has 0 aliphatic carbocycles. The Labute approximate surface area is 192 Å². The summed E-state index contributed by atoms with van der Waals surface area (Å²) in [5.74, 6) is 0.908. The lowest BCUT2D eigenvalue weighted by Gasteiger charge is -2.07. The molecule has 0 N–H and O–H groups in total. The molecule has 0 bridgehead atoms. The number of hydrogen-bond donors (Lipinski definition) is 0. The zero-order valence-corrected chi connectivity index (χ0v) is 18.3. The molecule has 2 aromatic heterocycles. The molecule has 6 nitrogen and oxygen atoms in total. The van der Waals surface area contributed by atoms with Crippen molar-refractivity contribution in [2.24, 2.45) is 0 Å². The lowest BCUT2D eigenvalue weighted by atomic mass is 10.2. The molecular formula is C27H24N2O4. The van der Waals surface area contributed by atoms with Gasteiger partial charge in [0.25, 0.3) is 0 Å². The van der Waals surface area contributed by atoms with Gasteiger partial charge in [0.05, 0.1) is 17.3 Å². The number of ether oxygens (including phenoxy) is 2. The van der Waals surface area contributed by atoms with Crippen molar-refractivity contribution < 1.29 is 19.1 Å².